The van der Waals surface area contributed by atoms with Crippen LogP contribution in [0.3, 0.4) is 0 Å². The van der Waals surface area contributed by atoms with E-state index in [-0.39, 0.29) is 11.9 Å². The molecular formula is C17H23BrN3O+. The van der Waals surface area contributed by atoms with Crippen LogP contribution in [0, 0.1) is 17.2 Å². The van der Waals surface area contributed by atoms with Gasteiger partial charge in [0, 0.05) is 16.5 Å². The number of rotatable bonds is 7. The Morgan fingerprint density at radius 1 is 1.50 bits per heavy atom. The first-order valence-electron chi connectivity index (χ1n) is 7.79. The molecule has 1 aromatic rings. The third kappa shape index (κ3) is 4.31. The number of nitrogens with one attached hydrogen (secondary N) is 1. The van der Waals surface area contributed by atoms with Crippen molar-refractivity contribution in [1.29, 1.82) is 5.26 Å². The quantitative estimate of drug-likeness (QED) is 0.778. The van der Waals surface area contributed by atoms with Gasteiger partial charge in [0.05, 0.1) is 6.07 Å². The van der Waals surface area contributed by atoms with Gasteiger partial charge in [0.25, 0.3) is 5.91 Å². The molecule has 1 aromatic carbocycles. The molecule has 2 atom stereocenters. The van der Waals surface area contributed by atoms with E-state index in [1.54, 1.807) is 0 Å². The lowest BCUT2D eigenvalue weighted by atomic mass is 9.98. The zero-order valence-electron chi connectivity index (χ0n) is 13.1. The second-order valence-electron chi connectivity index (χ2n) is 6.14. The minimum absolute atomic E-state index is 0.0634. The van der Waals surface area contributed by atoms with Gasteiger partial charge in [-0.25, -0.2) is 0 Å². The SMILES string of the molecule is CC[C@H]([NH2+]CC(=O)N[C@](C)(C#N)C1CC1)c1ccc(Br)cc1. The maximum atomic E-state index is 12.2. The number of nitriles is 1. The summed E-state index contributed by atoms with van der Waals surface area (Å²) in [5.74, 6) is 0.251. The van der Waals surface area contributed by atoms with E-state index < -0.39 is 5.54 Å². The van der Waals surface area contributed by atoms with Crippen LogP contribution in [0.15, 0.2) is 28.7 Å². The molecule has 1 saturated carbocycles. The monoisotopic (exact) mass is 364 g/mol. The topological polar surface area (TPSA) is 69.5 Å². The zero-order valence-corrected chi connectivity index (χ0v) is 14.7. The molecule has 0 radical (unpaired) electrons. The van der Waals surface area contributed by atoms with Crippen LogP contribution in [-0.4, -0.2) is 18.0 Å². The molecule has 1 fully saturated rings. The molecule has 2 rings (SSSR count). The fourth-order valence-electron chi connectivity index (χ4n) is 2.72. The molecule has 118 valence electrons. The average molecular weight is 365 g/mol. The fraction of sp³-hybridized carbons (Fsp3) is 0.529. The van der Waals surface area contributed by atoms with Gasteiger partial charge in [-0.1, -0.05) is 35.0 Å². The van der Waals surface area contributed by atoms with Crippen LogP contribution in [0.5, 0.6) is 0 Å². The second kappa shape index (κ2) is 7.26. The highest BCUT2D eigenvalue weighted by Gasteiger charge is 2.43. The van der Waals surface area contributed by atoms with E-state index in [2.05, 4.69) is 46.4 Å². The van der Waals surface area contributed by atoms with E-state index >= 15 is 0 Å². The van der Waals surface area contributed by atoms with Crippen molar-refractivity contribution in [3.05, 3.63) is 34.3 Å². The van der Waals surface area contributed by atoms with Crippen molar-refractivity contribution in [3.63, 3.8) is 0 Å². The Balaban J connectivity index is 1.89. The summed E-state index contributed by atoms with van der Waals surface area (Å²) in [4.78, 5) is 12.2. The van der Waals surface area contributed by atoms with Crippen LogP contribution in [0.1, 0.15) is 44.7 Å². The van der Waals surface area contributed by atoms with Gasteiger partial charge in [-0.15, -0.1) is 0 Å². The Kier molecular flexibility index (Phi) is 5.60. The highest BCUT2D eigenvalue weighted by molar-refractivity contribution is 9.10. The van der Waals surface area contributed by atoms with Gasteiger partial charge in [0.15, 0.2) is 6.54 Å². The molecule has 1 aliphatic rings. The molecule has 0 heterocycles. The van der Waals surface area contributed by atoms with Crippen LogP contribution in [0.4, 0.5) is 0 Å². The first kappa shape index (κ1) is 17.0. The van der Waals surface area contributed by atoms with Crippen molar-refractivity contribution in [2.24, 2.45) is 5.92 Å². The summed E-state index contributed by atoms with van der Waals surface area (Å²) in [6, 6.07) is 10.7. The zero-order chi connectivity index (χ0) is 16.2. The van der Waals surface area contributed by atoms with Gasteiger partial charge in [0.2, 0.25) is 0 Å². The molecular weight excluding hydrogens is 342 g/mol. The second-order valence-corrected chi connectivity index (χ2v) is 7.06. The summed E-state index contributed by atoms with van der Waals surface area (Å²) in [5.41, 5.74) is 0.508. The van der Waals surface area contributed by atoms with E-state index in [9.17, 15) is 10.1 Å². The minimum atomic E-state index is -0.704. The highest BCUT2D eigenvalue weighted by atomic mass is 79.9. The van der Waals surface area contributed by atoms with Gasteiger partial charge < -0.3 is 10.6 Å². The summed E-state index contributed by atoms with van der Waals surface area (Å²) >= 11 is 3.43. The van der Waals surface area contributed by atoms with Gasteiger partial charge in [-0.2, -0.15) is 5.26 Å². The number of amides is 1. The van der Waals surface area contributed by atoms with Crippen molar-refractivity contribution in [2.75, 3.05) is 6.54 Å². The number of nitrogens with zero attached hydrogens (tertiary/aromatic N) is 1. The van der Waals surface area contributed by atoms with E-state index in [1.807, 2.05) is 24.4 Å². The largest absolute Gasteiger partial charge is 0.333 e. The molecule has 0 unspecified atom stereocenters. The van der Waals surface area contributed by atoms with E-state index in [1.165, 1.54) is 5.56 Å². The summed E-state index contributed by atoms with van der Waals surface area (Å²) in [7, 11) is 0. The van der Waals surface area contributed by atoms with Gasteiger partial charge in [-0.05, 0) is 37.8 Å². The number of carbonyl (C=O) groups is 1. The molecule has 0 spiro atoms. The normalized spacial score (nSPS) is 18.1. The summed E-state index contributed by atoms with van der Waals surface area (Å²) < 4.78 is 1.05. The summed E-state index contributed by atoms with van der Waals surface area (Å²) in [6.07, 6.45) is 3.02. The molecule has 22 heavy (non-hydrogen) atoms. The number of nitrogens with two attached hydrogens (primary N) is 1. The molecule has 1 aliphatic carbocycles. The van der Waals surface area contributed by atoms with Crippen LogP contribution in [0.2, 0.25) is 0 Å². The van der Waals surface area contributed by atoms with Crippen LogP contribution in [0.25, 0.3) is 0 Å². The first-order chi connectivity index (χ1) is 10.5. The van der Waals surface area contributed by atoms with Crippen LogP contribution >= 0.6 is 15.9 Å². The van der Waals surface area contributed by atoms with Crippen LogP contribution in [-0.2, 0) is 4.79 Å². The lowest BCUT2D eigenvalue weighted by Crippen LogP contribution is -2.87. The number of halogens is 1. The number of hydrogen-bond donors (Lipinski definition) is 2. The smallest absolute Gasteiger partial charge is 0.276 e. The average Bonchev–Trinajstić information content (AvgIpc) is 3.34. The molecule has 5 heteroatoms. The Hall–Kier alpha value is -1.38. The predicted octanol–water partition coefficient (Wildman–Crippen LogP) is 2.27. The molecule has 3 N–H and O–H groups in total. The number of quaternary nitrogens is 1. The molecule has 0 bridgehead atoms. The molecule has 0 saturated heterocycles. The highest BCUT2D eigenvalue weighted by Crippen LogP contribution is 2.39. The van der Waals surface area contributed by atoms with Crippen LogP contribution < -0.4 is 10.6 Å². The third-order valence-electron chi connectivity index (χ3n) is 4.35. The molecule has 4 nitrogen and oxygen atoms in total. The van der Waals surface area contributed by atoms with Gasteiger partial charge >= 0.3 is 0 Å². The van der Waals surface area contributed by atoms with Gasteiger partial charge in [0.1, 0.15) is 11.6 Å². The Morgan fingerprint density at radius 3 is 2.64 bits per heavy atom. The first-order valence-corrected chi connectivity index (χ1v) is 8.59. The Bertz CT molecular complexity index is 562. The third-order valence-corrected chi connectivity index (χ3v) is 4.88. The summed E-state index contributed by atoms with van der Waals surface area (Å²) in [5, 5.41) is 14.2. The van der Waals surface area contributed by atoms with E-state index in [0.29, 0.717) is 12.5 Å². The number of carbonyl (C=O) groups excluding carboxylic acids is 1. The maximum absolute atomic E-state index is 12.2. The molecule has 0 aliphatic heterocycles. The van der Waals surface area contributed by atoms with Crippen molar-refractivity contribution in [3.8, 4) is 6.07 Å². The lowest BCUT2D eigenvalue weighted by Gasteiger charge is -2.23. The fourth-order valence-corrected chi connectivity index (χ4v) is 2.98. The molecule has 1 amide bonds. The van der Waals surface area contributed by atoms with Crippen molar-refractivity contribution in [2.45, 2.75) is 44.7 Å². The predicted molar refractivity (Wildman–Crippen MR) is 88.9 cm³/mol. The number of hydrogen-bond acceptors (Lipinski definition) is 2. The van der Waals surface area contributed by atoms with E-state index in [0.717, 1.165) is 23.7 Å². The summed E-state index contributed by atoms with van der Waals surface area (Å²) in [6.45, 7) is 4.29. The van der Waals surface area contributed by atoms with Crippen molar-refractivity contribution < 1.29 is 10.1 Å². The Labute approximate surface area is 140 Å². The minimum Gasteiger partial charge on any atom is -0.333 e. The van der Waals surface area contributed by atoms with Gasteiger partial charge in [-0.3, -0.25) is 4.79 Å². The van der Waals surface area contributed by atoms with Crippen molar-refractivity contribution in [1.82, 2.24) is 5.32 Å². The molecule has 0 aromatic heterocycles. The lowest BCUT2D eigenvalue weighted by molar-refractivity contribution is -0.686. The number of benzene rings is 1. The van der Waals surface area contributed by atoms with Crippen molar-refractivity contribution >= 4 is 21.8 Å². The maximum Gasteiger partial charge on any atom is 0.276 e. The van der Waals surface area contributed by atoms with E-state index in [4.69, 9.17) is 0 Å². The standard InChI is InChI=1S/C17H22BrN3O/c1-3-15(12-4-8-14(18)9-5-12)20-10-16(22)21-17(2,11-19)13-6-7-13/h4-5,8-9,13,15,20H,3,6-7,10H2,1-2H3,(H,21,22)/p+1/t15-,17+/m0/s1. The Morgan fingerprint density at radius 2 is 2.14 bits per heavy atom.